The second-order valence-corrected chi connectivity index (χ2v) is 8.31. The Morgan fingerprint density at radius 1 is 1.29 bits per heavy atom. The summed E-state index contributed by atoms with van der Waals surface area (Å²) in [5, 5.41) is 12.1. The molecule has 0 unspecified atom stereocenters. The van der Waals surface area contributed by atoms with Gasteiger partial charge in [0.25, 0.3) is 0 Å². The largest absolute Gasteiger partial charge is 0.481 e. The number of carbonyl (C=O) groups is 2. The number of likely N-dealkylation sites (N-methyl/N-ethyl adjacent to an activating group) is 1. The van der Waals surface area contributed by atoms with Gasteiger partial charge < -0.3 is 10.4 Å². The Kier molecular flexibility index (Phi) is 5.84. The van der Waals surface area contributed by atoms with Crippen LogP contribution >= 0.6 is 11.6 Å². The molecule has 0 saturated heterocycles. The number of rotatable bonds is 6. The highest BCUT2D eigenvalue weighted by Crippen LogP contribution is 2.25. The molecule has 1 fully saturated rings. The highest BCUT2D eigenvalue weighted by Gasteiger charge is 2.31. The van der Waals surface area contributed by atoms with Crippen molar-refractivity contribution in [3.8, 4) is 0 Å². The third-order valence-corrected chi connectivity index (χ3v) is 6.10. The van der Waals surface area contributed by atoms with Crippen LogP contribution in [0.2, 0.25) is 5.02 Å². The molecule has 1 aromatic carbocycles. The molecule has 1 aliphatic carbocycles. The van der Waals surface area contributed by atoms with Crippen molar-refractivity contribution < 1.29 is 23.1 Å². The van der Waals surface area contributed by atoms with Crippen molar-refractivity contribution in [1.82, 2.24) is 9.62 Å². The molecule has 2 atom stereocenters. The van der Waals surface area contributed by atoms with Crippen molar-refractivity contribution in [2.24, 2.45) is 5.92 Å². The van der Waals surface area contributed by atoms with Crippen molar-refractivity contribution in [3.05, 3.63) is 29.3 Å². The molecular formula is C15H19ClN2O5S. The highest BCUT2D eigenvalue weighted by atomic mass is 35.5. The van der Waals surface area contributed by atoms with Crippen LogP contribution in [0, 0.1) is 5.92 Å². The number of amides is 1. The molecule has 2 rings (SSSR count). The van der Waals surface area contributed by atoms with Crippen LogP contribution in [0.15, 0.2) is 29.2 Å². The molecule has 0 aromatic heterocycles. The van der Waals surface area contributed by atoms with Gasteiger partial charge in [0.1, 0.15) is 0 Å². The van der Waals surface area contributed by atoms with E-state index in [0.717, 1.165) is 4.31 Å². The van der Waals surface area contributed by atoms with E-state index in [-0.39, 0.29) is 17.5 Å². The second kappa shape index (κ2) is 7.50. The van der Waals surface area contributed by atoms with Crippen LogP contribution in [-0.2, 0) is 19.6 Å². The summed E-state index contributed by atoms with van der Waals surface area (Å²) in [6, 6.07) is 5.45. The van der Waals surface area contributed by atoms with Crippen LogP contribution in [0.1, 0.15) is 19.3 Å². The summed E-state index contributed by atoms with van der Waals surface area (Å²) in [4.78, 5) is 23.0. The lowest BCUT2D eigenvalue weighted by molar-refractivity contribution is -0.141. The van der Waals surface area contributed by atoms with Crippen molar-refractivity contribution in [3.63, 3.8) is 0 Å². The predicted octanol–water partition coefficient (Wildman–Crippen LogP) is 1.33. The third-order valence-electron chi connectivity index (χ3n) is 4.04. The number of nitrogens with one attached hydrogen (secondary N) is 1. The molecule has 1 saturated carbocycles. The van der Waals surface area contributed by atoms with E-state index in [1.54, 1.807) is 0 Å². The van der Waals surface area contributed by atoms with Gasteiger partial charge in [-0.1, -0.05) is 11.6 Å². The summed E-state index contributed by atoms with van der Waals surface area (Å²) in [6.07, 6.45) is 1.46. The summed E-state index contributed by atoms with van der Waals surface area (Å²) in [7, 11) is -2.47. The Hall–Kier alpha value is -1.64. The highest BCUT2D eigenvalue weighted by molar-refractivity contribution is 7.89. The minimum Gasteiger partial charge on any atom is -0.481 e. The first kappa shape index (κ1) is 18.7. The number of carboxylic acids is 1. The van der Waals surface area contributed by atoms with Gasteiger partial charge in [-0.05, 0) is 43.5 Å². The zero-order valence-electron chi connectivity index (χ0n) is 13.1. The van der Waals surface area contributed by atoms with E-state index in [1.165, 1.54) is 31.3 Å². The van der Waals surface area contributed by atoms with Gasteiger partial charge in [0.15, 0.2) is 0 Å². The van der Waals surface area contributed by atoms with E-state index in [9.17, 15) is 18.0 Å². The maximum Gasteiger partial charge on any atom is 0.306 e. The van der Waals surface area contributed by atoms with Crippen molar-refractivity contribution in [2.45, 2.75) is 30.2 Å². The minimum atomic E-state index is -3.79. The molecule has 0 spiro atoms. The quantitative estimate of drug-likeness (QED) is 0.781. The summed E-state index contributed by atoms with van der Waals surface area (Å²) < 4.78 is 25.7. The van der Waals surface area contributed by atoms with Gasteiger partial charge in [0.2, 0.25) is 15.9 Å². The van der Waals surface area contributed by atoms with E-state index in [0.29, 0.717) is 24.3 Å². The number of nitrogens with zero attached hydrogens (tertiary/aromatic N) is 1. The van der Waals surface area contributed by atoms with Gasteiger partial charge in [-0.25, -0.2) is 8.42 Å². The van der Waals surface area contributed by atoms with E-state index in [2.05, 4.69) is 5.32 Å². The monoisotopic (exact) mass is 374 g/mol. The maximum atomic E-state index is 12.4. The molecule has 0 radical (unpaired) electrons. The maximum absolute atomic E-state index is 12.4. The van der Waals surface area contributed by atoms with Gasteiger partial charge in [-0.2, -0.15) is 4.31 Å². The standard InChI is InChI=1S/C15H19ClN2O5S/c1-18(24(22,23)13-6-3-11(16)4-7-13)9-14(19)17-12-5-2-10(8-12)15(20)21/h3-4,6-7,10,12H,2,5,8-9H2,1H3,(H,17,19)(H,20,21)/t10-,12+/m0/s1. The van der Waals surface area contributed by atoms with E-state index >= 15 is 0 Å². The van der Waals surface area contributed by atoms with Gasteiger partial charge in [0, 0.05) is 18.1 Å². The Balaban J connectivity index is 1.94. The first-order valence-corrected chi connectivity index (χ1v) is 9.26. The average molecular weight is 375 g/mol. The summed E-state index contributed by atoms with van der Waals surface area (Å²) >= 11 is 5.74. The number of hydrogen-bond donors (Lipinski definition) is 2. The molecule has 0 bridgehead atoms. The summed E-state index contributed by atoms with van der Waals surface area (Å²) in [6.45, 7) is -0.334. The first-order valence-electron chi connectivity index (χ1n) is 7.44. The zero-order valence-corrected chi connectivity index (χ0v) is 14.7. The number of carbonyl (C=O) groups excluding carboxylic acids is 1. The fraction of sp³-hybridized carbons (Fsp3) is 0.467. The molecular weight excluding hydrogens is 356 g/mol. The van der Waals surface area contributed by atoms with Crippen LogP contribution in [0.4, 0.5) is 0 Å². The number of sulfonamides is 1. The van der Waals surface area contributed by atoms with Crippen LogP contribution in [0.3, 0.4) is 0 Å². The fourth-order valence-corrected chi connectivity index (χ4v) is 3.94. The number of aliphatic carboxylic acids is 1. The average Bonchev–Trinajstić information content (AvgIpc) is 2.96. The van der Waals surface area contributed by atoms with Gasteiger partial charge in [-0.3, -0.25) is 9.59 Å². The molecule has 24 heavy (non-hydrogen) atoms. The van der Waals surface area contributed by atoms with Gasteiger partial charge in [0.05, 0.1) is 17.4 Å². The molecule has 0 aliphatic heterocycles. The van der Waals surface area contributed by atoms with Crippen LogP contribution in [0.5, 0.6) is 0 Å². The normalized spacial score (nSPS) is 21.0. The Labute approximate surface area is 145 Å². The molecule has 0 heterocycles. The van der Waals surface area contributed by atoms with Gasteiger partial charge >= 0.3 is 5.97 Å². The summed E-state index contributed by atoms with van der Waals surface area (Å²) in [5.41, 5.74) is 0. The number of hydrogen-bond acceptors (Lipinski definition) is 4. The SMILES string of the molecule is CN(CC(=O)N[C@@H]1CC[C@H](C(=O)O)C1)S(=O)(=O)c1ccc(Cl)cc1. The summed E-state index contributed by atoms with van der Waals surface area (Å²) in [5.74, 6) is -1.77. The molecule has 1 amide bonds. The lowest BCUT2D eigenvalue weighted by Gasteiger charge is -2.19. The first-order chi connectivity index (χ1) is 11.2. The number of halogens is 1. The lowest BCUT2D eigenvalue weighted by Crippen LogP contribution is -2.42. The molecule has 7 nitrogen and oxygen atoms in total. The molecule has 2 N–H and O–H groups in total. The smallest absolute Gasteiger partial charge is 0.306 e. The third kappa shape index (κ3) is 4.46. The van der Waals surface area contributed by atoms with Crippen LogP contribution in [-0.4, -0.2) is 49.3 Å². The van der Waals surface area contributed by atoms with Gasteiger partial charge in [-0.15, -0.1) is 0 Å². The minimum absolute atomic E-state index is 0.0500. The second-order valence-electron chi connectivity index (χ2n) is 5.83. The van der Waals surface area contributed by atoms with Crippen LogP contribution in [0.25, 0.3) is 0 Å². The van der Waals surface area contributed by atoms with Crippen molar-refractivity contribution in [2.75, 3.05) is 13.6 Å². The zero-order chi connectivity index (χ0) is 17.9. The predicted molar refractivity (Wildman–Crippen MR) is 88.2 cm³/mol. The topological polar surface area (TPSA) is 104 Å². The number of carboxylic acid groups (broad SMARTS) is 1. The molecule has 9 heteroatoms. The molecule has 1 aliphatic rings. The number of benzene rings is 1. The van der Waals surface area contributed by atoms with E-state index in [4.69, 9.17) is 16.7 Å². The fourth-order valence-electron chi connectivity index (χ4n) is 2.68. The van der Waals surface area contributed by atoms with E-state index < -0.39 is 27.8 Å². The van der Waals surface area contributed by atoms with Crippen LogP contribution < -0.4 is 5.32 Å². The van der Waals surface area contributed by atoms with E-state index in [1.807, 2.05) is 0 Å². The van der Waals surface area contributed by atoms with Crippen molar-refractivity contribution >= 4 is 33.5 Å². The Bertz CT molecular complexity index is 720. The Morgan fingerprint density at radius 3 is 2.46 bits per heavy atom. The van der Waals surface area contributed by atoms with Crippen molar-refractivity contribution in [1.29, 1.82) is 0 Å². The molecule has 132 valence electrons. The Morgan fingerprint density at radius 2 is 1.92 bits per heavy atom. The molecule has 1 aromatic rings. The lowest BCUT2D eigenvalue weighted by atomic mass is 10.1.